The standard InChI is InChI=1S/C10H16N2OS/c1-7(2)9(11)10(13)12-5-8-3-4-14-6-8/h3-4,6-7,9H,5,11H2,1-2H3,(H,12,13)/t9-/m1/s1. The van der Waals surface area contributed by atoms with Crippen LogP contribution in [0.2, 0.25) is 0 Å². The van der Waals surface area contributed by atoms with Crippen LogP contribution in [-0.2, 0) is 11.3 Å². The van der Waals surface area contributed by atoms with E-state index in [4.69, 9.17) is 5.73 Å². The fourth-order valence-electron chi connectivity index (χ4n) is 1.00. The van der Waals surface area contributed by atoms with Gasteiger partial charge in [-0.15, -0.1) is 0 Å². The largest absolute Gasteiger partial charge is 0.351 e. The summed E-state index contributed by atoms with van der Waals surface area (Å²) >= 11 is 1.62. The lowest BCUT2D eigenvalue weighted by atomic mass is 10.1. The number of nitrogens with two attached hydrogens (primary N) is 1. The van der Waals surface area contributed by atoms with Gasteiger partial charge in [0.25, 0.3) is 0 Å². The first-order chi connectivity index (χ1) is 6.61. The Morgan fingerprint density at radius 3 is 2.86 bits per heavy atom. The molecule has 0 radical (unpaired) electrons. The monoisotopic (exact) mass is 212 g/mol. The van der Waals surface area contributed by atoms with E-state index in [1.165, 1.54) is 0 Å². The molecule has 0 aliphatic carbocycles. The molecule has 3 N–H and O–H groups in total. The Morgan fingerprint density at radius 1 is 1.64 bits per heavy atom. The van der Waals surface area contributed by atoms with E-state index >= 15 is 0 Å². The number of nitrogens with one attached hydrogen (secondary N) is 1. The van der Waals surface area contributed by atoms with Gasteiger partial charge in [0.2, 0.25) is 5.91 Å². The van der Waals surface area contributed by atoms with Crippen LogP contribution in [0.1, 0.15) is 19.4 Å². The van der Waals surface area contributed by atoms with Gasteiger partial charge in [0, 0.05) is 6.54 Å². The fourth-order valence-corrected chi connectivity index (χ4v) is 1.67. The summed E-state index contributed by atoms with van der Waals surface area (Å²) in [4.78, 5) is 11.4. The van der Waals surface area contributed by atoms with Crippen LogP contribution in [0.25, 0.3) is 0 Å². The van der Waals surface area contributed by atoms with Gasteiger partial charge < -0.3 is 11.1 Å². The molecule has 1 aromatic rings. The third-order valence-corrected chi connectivity index (χ3v) is 2.80. The zero-order valence-electron chi connectivity index (χ0n) is 8.49. The van der Waals surface area contributed by atoms with Crippen molar-refractivity contribution >= 4 is 17.2 Å². The smallest absolute Gasteiger partial charge is 0.237 e. The maximum absolute atomic E-state index is 11.4. The van der Waals surface area contributed by atoms with Gasteiger partial charge in [-0.1, -0.05) is 13.8 Å². The second-order valence-corrected chi connectivity index (χ2v) is 4.40. The van der Waals surface area contributed by atoms with E-state index < -0.39 is 6.04 Å². The Labute approximate surface area is 88.3 Å². The van der Waals surface area contributed by atoms with Gasteiger partial charge >= 0.3 is 0 Å². The van der Waals surface area contributed by atoms with Crippen LogP contribution in [0.5, 0.6) is 0 Å². The lowest BCUT2D eigenvalue weighted by molar-refractivity contribution is -0.123. The Morgan fingerprint density at radius 2 is 2.36 bits per heavy atom. The fraction of sp³-hybridized carbons (Fsp3) is 0.500. The van der Waals surface area contributed by atoms with Gasteiger partial charge in [-0.2, -0.15) is 11.3 Å². The molecule has 0 bridgehead atoms. The Bertz CT molecular complexity index is 282. The molecular formula is C10H16N2OS. The Balaban J connectivity index is 2.35. The van der Waals surface area contributed by atoms with Crippen molar-refractivity contribution in [3.8, 4) is 0 Å². The molecule has 0 unspecified atom stereocenters. The molecule has 0 fully saturated rings. The topological polar surface area (TPSA) is 55.1 Å². The van der Waals surface area contributed by atoms with Gasteiger partial charge in [-0.05, 0) is 28.3 Å². The molecule has 1 aromatic heterocycles. The number of rotatable bonds is 4. The number of amides is 1. The maximum atomic E-state index is 11.4. The van der Waals surface area contributed by atoms with Gasteiger partial charge in [-0.25, -0.2) is 0 Å². The van der Waals surface area contributed by atoms with E-state index in [2.05, 4.69) is 5.32 Å². The summed E-state index contributed by atoms with van der Waals surface area (Å²) in [5.74, 6) is 0.101. The van der Waals surface area contributed by atoms with Crippen molar-refractivity contribution < 1.29 is 4.79 Å². The molecule has 0 saturated heterocycles. The quantitative estimate of drug-likeness (QED) is 0.791. The van der Waals surface area contributed by atoms with E-state index in [1.54, 1.807) is 11.3 Å². The van der Waals surface area contributed by atoms with E-state index in [0.717, 1.165) is 5.56 Å². The van der Waals surface area contributed by atoms with Crippen molar-refractivity contribution in [3.63, 3.8) is 0 Å². The number of thiophene rings is 1. The summed E-state index contributed by atoms with van der Waals surface area (Å²) in [6, 6.07) is 1.58. The highest BCUT2D eigenvalue weighted by Crippen LogP contribution is 2.05. The van der Waals surface area contributed by atoms with E-state index in [1.807, 2.05) is 30.7 Å². The van der Waals surface area contributed by atoms with Crippen LogP contribution in [0, 0.1) is 5.92 Å². The molecule has 1 atom stereocenters. The summed E-state index contributed by atoms with van der Waals surface area (Å²) < 4.78 is 0. The molecule has 0 aliphatic rings. The summed E-state index contributed by atoms with van der Waals surface area (Å²) in [5.41, 5.74) is 6.81. The van der Waals surface area contributed by atoms with E-state index in [-0.39, 0.29) is 11.8 Å². The van der Waals surface area contributed by atoms with Gasteiger partial charge in [-0.3, -0.25) is 4.79 Å². The number of hydrogen-bond acceptors (Lipinski definition) is 3. The summed E-state index contributed by atoms with van der Waals surface area (Å²) in [6.07, 6.45) is 0. The molecule has 78 valence electrons. The zero-order valence-corrected chi connectivity index (χ0v) is 9.30. The van der Waals surface area contributed by atoms with Crippen LogP contribution in [0.4, 0.5) is 0 Å². The number of carbonyl (C=O) groups excluding carboxylic acids is 1. The summed E-state index contributed by atoms with van der Waals surface area (Å²) in [7, 11) is 0. The molecule has 0 aromatic carbocycles. The molecule has 0 spiro atoms. The predicted molar refractivity (Wildman–Crippen MR) is 59.0 cm³/mol. The first kappa shape index (κ1) is 11.2. The van der Waals surface area contributed by atoms with Crippen molar-refractivity contribution in [1.29, 1.82) is 0 Å². The van der Waals surface area contributed by atoms with E-state index in [9.17, 15) is 4.79 Å². The van der Waals surface area contributed by atoms with Crippen LogP contribution in [0.3, 0.4) is 0 Å². The predicted octanol–water partition coefficient (Wildman–Crippen LogP) is 1.35. The van der Waals surface area contributed by atoms with Crippen LogP contribution in [-0.4, -0.2) is 11.9 Å². The van der Waals surface area contributed by atoms with Crippen molar-refractivity contribution in [2.75, 3.05) is 0 Å². The molecule has 3 nitrogen and oxygen atoms in total. The third-order valence-electron chi connectivity index (χ3n) is 2.07. The summed E-state index contributed by atoms with van der Waals surface area (Å²) in [6.45, 7) is 4.45. The number of carbonyl (C=O) groups is 1. The van der Waals surface area contributed by atoms with Gasteiger partial charge in [0.05, 0.1) is 6.04 Å². The average Bonchev–Trinajstić information content (AvgIpc) is 2.65. The minimum Gasteiger partial charge on any atom is -0.351 e. The van der Waals surface area contributed by atoms with Gasteiger partial charge in [0.1, 0.15) is 0 Å². The molecule has 1 heterocycles. The highest BCUT2D eigenvalue weighted by Gasteiger charge is 2.16. The highest BCUT2D eigenvalue weighted by molar-refractivity contribution is 7.07. The number of hydrogen-bond donors (Lipinski definition) is 2. The lowest BCUT2D eigenvalue weighted by Crippen LogP contribution is -2.43. The van der Waals surface area contributed by atoms with Crippen LogP contribution in [0.15, 0.2) is 16.8 Å². The minimum atomic E-state index is -0.409. The normalized spacial score (nSPS) is 12.9. The first-order valence-electron chi connectivity index (χ1n) is 4.65. The second-order valence-electron chi connectivity index (χ2n) is 3.62. The minimum absolute atomic E-state index is 0.0776. The Hall–Kier alpha value is -0.870. The van der Waals surface area contributed by atoms with Crippen molar-refractivity contribution in [2.45, 2.75) is 26.4 Å². The molecular weight excluding hydrogens is 196 g/mol. The Kier molecular flexibility index (Phi) is 4.10. The summed E-state index contributed by atoms with van der Waals surface area (Å²) in [5, 5.41) is 6.81. The molecule has 4 heteroatoms. The van der Waals surface area contributed by atoms with Crippen molar-refractivity contribution in [3.05, 3.63) is 22.4 Å². The molecule has 14 heavy (non-hydrogen) atoms. The lowest BCUT2D eigenvalue weighted by Gasteiger charge is -2.14. The maximum Gasteiger partial charge on any atom is 0.237 e. The average molecular weight is 212 g/mol. The zero-order chi connectivity index (χ0) is 10.6. The van der Waals surface area contributed by atoms with Crippen LogP contribution < -0.4 is 11.1 Å². The van der Waals surface area contributed by atoms with Crippen molar-refractivity contribution in [1.82, 2.24) is 5.32 Å². The molecule has 1 amide bonds. The van der Waals surface area contributed by atoms with Crippen molar-refractivity contribution in [2.24, 2.45) is 11.7 Å². The molecule has 0 aliphatic heterocycles. The SMILES string of the molecule is CC(C)[C@@H](N)C(=O)NCc1ccsc1. The van der Waals surface area contributed by atoms with Crippen LogP contribution >= 0.6 is 11.3 Å². The third kappa shape index (κ3) is 3.12. The highest BCUT2D eigenvalue weighted by atomic mass is 32.1. The molecule has 0 saturated carbocycles. The van der Waals surface area contributed by atoms with Gasteiger partial charge in [0.15, 0.2) is 0 Å². The van der Waals surface area contributed by atoms with E-state index in [0.29, 0.717) is 6.54 Å². The first-order valence-corrected chi connectivity index (χ1v) is 5.60. The molecule has 1 rings (SSSR count). The second kappa shape index (κ2) is 5.12.